The number of rotatable bonds is 22. The summed E-state index contributed by atoms with van der Waals surface area (Å²) in [5.41, 5.74) is 1.91. The van der Waals surface area contributed by atoms with E-state index in [4.69, 9.17) is 4.74 Å². The zero-order valence-electron chi connectivity index (χ0n) is 38.7. The molecule has 1 aromatic carbocycles. The number of carbonyl (C=O) groups is 9. The first-order valence-corrected chi connectivity index (χ1v) is 23.9. The van der Waals surface area contributed by atoms with Gasteiger partial charge in [0.15, 0.2) is 12.0 Å². The number of nitrogens with zero attached hydrogens (tertiary/aromatic N) is 5. The van der Waals surface area contributed by atoms with Gasteiger partial charge in [0.05, 0.1) is 38.8 Å². The molecule has 0 spiro atoms. The molecule has 1 aromatic rings. The standard InChI is InChI=1S/C44H67N9O12S/c1-6-28(2)32(42(62)45-10-11-53-37(56)20-30(4)43(53)63)21-35(54)34(9-18-66-5)48-44(64)47-33-8-7-31(19-29(33)3)22-46-36(55)23-51-15-14-49(25-39(57)58)12-13-50(26-40(59)60)16-17-52-27-41(61)65-38(52)24-51/h7-8,19,28,30,32,34,38H,6,9-18,20-27H2,1-5H3,(H,45,62)(H,46,55)(H,57,58)(H,59,60)(H2,47,48,64)/t28-,30?,32-,34-,38?/m0/s1. The minimum Gasteiger partial charge on any atom is -0.480 e. The second kappa shape index (κ2) is 26.2. The van der Waals surface area contributed by atoms with Gasteiger partial charge in [-0.25, -0.2) is 4.79 Å². The highest BCUT2D eigenvalue weighted by molar-refractivity contribution is 7.98. The molecule has 0 aliphatic carbocycles. The highest BCUT2D eigenvalue weighted by Crippen LogP contribution is 2.23. The smallest absolute Gasteiger partial charge is 0.321 e. The first kappa shape index (κ1) is 53.5. The van der Waals surface area contributed by atoms with Crippen molar-refractivity contribution < 1.29 is 58.1 Å². The molecule has 66 heavy (non-hydrogen) atoms. The molecule has 3 heterocycles. The van der Waals surface area contributed by atoms with Crippen LogP contribution < -0.4 is 21.3 Å². The summed E-state index contributed by atoms with van der Waals surface area (Å²) in [5.74, 6) is -4.66. The number of likely N-dealkylation sites (tertiary alicyclic amines) is 1. The Morgan fingerprint density at radius 3 is 2.15 bits per heavy atom. The predicted molar refractivity (Wildman–Crippen MR) is 244 cm³/mol. The summed E-state index contributed by atoms with van der Waals surface area (Å²) in [7, 11) is 0. The highest BCUT2D eigenvalue weighted by atomic mass is 32.2. The van der Waals surface area contributed by atoms with Gasteiger partial charge in [0.2, 0.25) is 23.6 Å². The van der Waals surface area contributed by atoms with Crippen LogP contribution in [0.5, 0.6) is 0 Å². The number of carboxylic acid groups (broad SMARTS) is 2. The van der Waals surface area contributed by atoms with Crippen molar-refractivity contribution in [2.24, 2.45) is 17.8 Å². The number of Topliss-reactive ketones (excluding diaryl/α,β-unsaturated/α-hetero) is 1. The molecular formula is C44H67N9O12S. The number of hydrogen-bond acceptors (Lipinski definition) is 15. The molecule has 2 unspecified atom stereocenters. The van der Waals surface area contributed by atoms with Crippen LogP contribution in [-0.4, -0.2) is 197 Å². The maximum atomic E-state index is 13.8. The third-order valence-corrected chi connectivity index (χ3v) is 12.8. The van der Waals surface area contributed by atoms with Gasteiger partial charge in [-0.3, -0.25) is 62.9 Å². The molecule has 5 atom stereocenters. The normalized spacial score (nSPS) is 20.6. The van der Waals surface area contributed by atoms with Crippen molar-refractivity contribution in [3.63, 3.8) is 0 Å². The second-order valence-electron chi connectivity index (χ2n) is 17.3. The summed E-state index contributed by atoms with van der Waals surface area (Å²) < 4.78 is 5.58. The molecule has 3 aliphatic heterocycles. The van der Waals surface area contributed by atoms with E-state index in [1.54, 1.807) is 51.6 Å². The van der Waals surface area contributed by atoms with Crippen molar-refractivity contribution in [2.75, 3.05) is 102 Å². The van der Waals surface area contributed by atoms with Crippen LogP contribution in [0.25, 0.3) is 0 Å². The predicted octanol–water partition coefficient (Wildman–Crippen LogP) is 0.261. The Kier molecular flexibility index (Phi) is 21.3. The summed E-state index contributed by atoms with van der Waals surface area (Å²) >= 11 is 1.52. The lowest BCUT2D eigenvalue weighted by atomic mass is 9.85. The van der Waals surface area contributed by atoms with Gasteiger partial charge in [0, 0.05) is 89.3 Å². The van der Waals surface area contributed by atoms with Crippen LogP contribution >= 0.6 is 11.8 Å². The lowest BCUT2D eigenvalue weighted by molar-refractivity contribution is -0.143. The number of carbonyl (C=O) groups excluding carboxylic acids is 7. The van der Waals surface area contributed by atoms with Crippen LogP contribution in [0.2, 0.25) is 0 Å². The monoisotopic (exact) mass is 945 g/mol. The minimum atomic E-state index is -1.04. The fourth-order valence-corrected chi connectivity index (χ4v) is 8.59. The van der Waals surface area contributed by atoms with Crippen molar-refractivity contribution in [2.45, 2.75) is 72.2 Å². The van der Waals surface area contributed by atoms with Gasteiger partial charge >= 0.3 is 23.9 Å². The number of urea groups is 1. The number of benzene rings is 1. The zero-order chi connectivity index (χ0) is 48.5. The van der Waals surface area contributed by atoms with Gasteiger partial charge in [-0.1, -0.05) is 39.3 Å². The molecule has 4 rings (SSSR count). The second-order valence-corrected chi connectivity index (χ2v) is 18.3. The molecule has 21 nitrogen and oxygen atoms in total. The first-order chi connectivity index (χ1) is 31.4. The molecule has 3 aliphatic rings. The third kappa shape index (κ3) is 16.9. The Labute approximate surface area is 390 Å². The number of thioether (sulfide) groups is 1. The van der Waals surface area contributed by atoms with E-state index in [1.807, 2.05) is 20.1 Å². The van der Waals surface area contributed by atoms with Crippen LogP contribution in [-0.2, 0) is 49.6 Å². The fourth-order valence-electron chi connectivity index (χ4n) is 8.12. The van der Waals surface area contributed by atoms with Crippen LogP contribution in [0.15, 0.2) is 18.2 Å². The largest absolute Gasteiger partial charge is 0.480 e. The summed E-state index contributed by atoms with van der Waals surface area (Å²) in [5, 5.41) is 30.3. The topological polar surface area (TPSA) is 268 Å². The van der Waals surface area contributed by atoms with Crippen molar-refractivity contribution in [1.29, 1.82) is 0 Å². The summed E-state index contributed by atoms with van der Waals surface area (Å²) in [4.78, 5) is 122. The number of fused-ring (bicyclic) bond motifs is 1. The van der Waals surface area contributed by atoms with E-state index in [0.717, 1.165) is 10.5 Å². The van der Waals surface area contributed by atoms with E-state index in [9.17, 15) is 53.4 Å². The molecule has 6 amide bonds. The van der Waals surface area contributed by atoms with E-state index in [-0.39, 0.29) is 126 Å². The van der Waals surface area contributed by atoms with E-state index in [0.29, 0.717) is 49.5 Å². The van der Waals surface area contributed by atoms with E-state index in [1.165, 1.54) is 11.8 Å². The molecule has 3 saturated heterocycles. The molecule has 0 saturated carbocycles. The lowest BCUT2D eigenvalue weighted by Gasteiger charge is -2.33. The average Bonchev–Trinajstić information content (AvgIpc) is 3.73. The number of aryl methyl sites for hydroxylation is 1. The SMILES string of the molecule is CC[C@H](C)[C@H](CC(=O)[C@H](CCSC)NC(=O)Nc1ccc(CNC(=O)CN2CCN(CC(=O)O)CCN(CC(=O)O)CCN3CC(=O)OC3C2)cc1C)C(=O)NCCN1C(=O)CC(C)C1=O. The van der Waals surface area contributed by atoms with Crippen molar-refractivity contribution in [3.8, 4) is 0 Å². The minimum absolute atomic E-state index is 0.0231. The van der Waals surface area contributed by atoms with Crippen LogP contribution in [0.4, 0.5) is 10.5 Å². The van der Waals surface area contributed by atoms with Crippen LogP contribution in [0.3, 0.4) is 0 Å². The molecule has 0 radical (unpaired) electrons. The molecule has 22 heteroatoms. The zero-order valence-corrected chi connectivity index (χ0v) is 39.5. The van der Waals surface area contributed by atoms with Crippen molar-refractivity contribution >= 4 is 70.8 Å². The summed E-state index contributed by atoms with van der Waals surface area (Å²) in [6, 6.07) is 3.77. The number of carboxylic acids is 2. The fraction of sp³-hybridized carbons (Fsp3) is 0.659. The number of amides is 6. The Bertz CT molecular complexity index is 1920. The molecule has 6 N–H and O–H groups in total. The Morgan fingerprint density at radius 2 is 1.56 bits per heavy atom. The van der Waals surface area contributed by atoms with Gasteiger partial charge < -0.3 is 36.2 Å². The van der Waals surface area contributed by atoms with Gasteiger partial charge in [0.1, 0.15) is 0 Å². The number of anilines is 1. The molecule has 3 fully saturated rings. The van der Waals surface area contributed by atoms with Crippen LogP contribution in [0.1, 0.15) is 57.6 Å². The van der Waals surface area contributed by atoms with Gasteiger partial charge in [-0.2, -0.15) is 11.8 Å². The maximum absolute atomic E-state index is 13.8. The average molecular weight is 946 g/mol. The van der Waals surface area contributed by atoms with E-state index < -0.39 is 42.1 Å². The number of imide groups is 1. The van der Waals surface area contributed by atoms with Gasteiger partial charge in [-0.15, -0.1) is 0 Å². The molecular weight excluding hydrogens is 879 g/mol. The Balaban J connectivity index is 1.33. The number of nitrogens with one attached hydrogen (secondary N) is 4. The number of aliphatic carboxylic acids is 2. The van der Waals surface area contributed by atoms with Crippen LogP contribution in [0, 0.1) is 24.7 Å². The molecule has 366 valence electrons. The van der Waals surface area contributed by atoms with Crippen molar-refractivity contribution in [1.82, 2.24) is 40.4 Å². The van der Waals surface area contributed by atoms with Gasteiger partial charge in [-0.05, 0) is 48.5 Å². The summed E-state index contributed by atoms with van der Waals surface area (Å²) in [6.45, 7) is 8.93. The number of ketones is 1. The maximum Gasteiger partial charge on any atom is 0.321 e. The van der Waals surface area contributed by atoms with Gasteiger partial charge in [0.25, 0.3) is 0 Å². The Hall–Kier alpha value is -5.16. The summed E-state index contributed by atoms with van der Waals surface area (Å²) in [6.07, 6.45) is 2.21. The number of esters is 1. The lowest BCUT2D eigenvalue weighted by Crippen LogP contribution is -2.51. The Morgan fingerprint density at radius 1 is 0.909 bits per heavy atom. The number of hydrogen-bond donors (Lipinski definition) is 6. The van der Waals surface area contributed by atoms with Crippen molar-refractivity contribution in [3.05, 3.63) is 29.3 Å². The third-order valence-electron chi connectivity index (χ3n) is 12.2. The molecule has 0 bridgehead atoms. The number of ether oxygens (including phenoxy) is 1. The first-order valence-electron chi connectivity index (χ1n) is 22.5. The quantitative estimate of drug-likeness (QED) is 0.0673. The van der Waals surface area contributed by atoms with E-state index >= 15 is 0 Å². The highest BCUT2D eigenvalue weighted by Gasteiger charge is 2.37. The van der Waals surface area contributed by atoms with E-state index in [2.05, 4.69) is 21.3 Å². The molecule has 0 aromatic heterocycles.